The molecule has 0 atom stereocenters. The standard InChI is InChI=1S/C18H21FN4O2/c19-15-6-4-13(5-7-15)17-20-16(21-25-17)12-22-8-10-23(11-9-22)18(24)14-2-1-3-14/h4-7,14H,1-3,8-12H2. The number of amides is 1. The van der Waals surface area contributed by atoms with E-state index in [4.69, 9.17) is 4.52 Å². The summed E-state index contributed by atoms with van der Waals surface area (Å²) in [6, 6.07) is 5.99. The number of nitrogens with zero attached hydrogens (tertiary/aromatic N) is 4. The van der Waals surface area contributed by atoms with Gasteiger partial charge in [0, 0.05) is 37.7 Å². The lowest BCUT2D eigenvalue weighted by atomic mass is 9.84. The highest BCUT2D eigenvalue weighted by atomic mass is 19.1. The van der Waals surface area contributed by atoms with Gasteiger partial charge in [-0.2, -0.15) is 4.98 Å². The monoisotopic (exact) mass is 344 g/mol. The first kappa shape index (κ1) is 16.2. The van der Waals surface area contributed by atoms with Crippen molar-refractivity contribution in [3.63, 3.8) is 0 Å². The molecule has 6 nitrogen and oxygen atoms in total. The fraction of sp³-hybridized carbons (Fsp3) is 0.500. The quantitative estimate of drug-likeness (QED) is 0.852. The Balaban J connectivity index is 1.31. The van der Waals surface area contributed by atoms with Crippen molar-refractivity contribution < 1.29 is 13.7 Å². The molecule has 0 N–H and O–H groups in total. The van der Waals surface area contributed by atoms with Crippen molar-refractivity contribution in [1.82, 2.24) is 19.9 Å². The molecule has 25 heavy (non-hydrogen) atoms. The zero-order valence-electron chi connectivity index (χ0n) is 14.0. The number of rotatable bonds is 4. The minimum atomic E-state index is -0.294. The molecule has 0 radical (unpaired) electrons. The van der Waals surface area contributed by atoms with Crippen LogP contribution in [0.2, 0.25) is 0 Å². The Morgan fingerprint density at radius 1 is 1.16 bits per heavy atom. The second kappa shape index (κ2) is 6.92. The number of hydrogen-bond acceptors (Lipinski definition) is 5. The number of hydrogen-bond donors (Lipinski definition) is 0. The summed E-state index contributed by atoms with van der Waals surface area (Å²) < 4.78 is 18.3. The van der Waals surface area contributed by atoms with E-state index in [0.717, 1.165) is 39.0 Å². The summed E-state index contributed by atoms with van der Waals surface area (Å²) in [4.78, 5) is 20.9. The van der Waals surface area contributed by atoms with E-state index in [-0.39, 0.29) is 11.7 Å². The first-order valence-corrected chi connectivity index (χ1v) is 8.79. The van der Waals surface area contributed by atoms with Gasteiger partial charge in [-0.1, -0.05) is 11.6 Å². The molecule has 132 valence electrons. The Hall–Kier alpha value is -2.28. The van der Waals surface area contributed by atoms with Crippen LogP contribution in [-0.4, -0.2) is 52.0 Å². The first-order valence-electron chi connectivity index (χ1n) is 8.79. The maximum Gasteiger partial charge on any atom is 0.257 e. The average molecular weight is 344 g/mol. The molecule has 2 fully saturated rings. The van der Waals surface area contributed by atoms with Crippen LogP contribution in [0.3, 0.4) is 0 Å². The molecular formula is C18H21FN4O2. The Morgan fingerprint density at radius 2 is 1.88 bits per heavy atom. The fourth-order valence-electron chi connectivity index (χ4n) is 3.27. The van der Waals surface area contributed by atoms with E-state index < -0.39 is 0 Å². The zero-order valence-corrected chi connectivity index (χ0v) is 14.0. The van der Waals surface area contributed by atoms with E-state index in [1.165, 1.54) is 18.6 Å². The summed E-state index contributed by atoms with van der Waals surface area (Å²) >= 11 is 0. The summed E-state index contributed by atoms with van der Waals surface area (Å²) in [5.41, 5.74) is 0.705. The van der Waals surface area contributed by atoms with Crippen molar-refractivity contribution in [1.29, 1.82) is 0 Å². The minimum Gasteiger partial charge on any atom is -0.340 e. The third kappa shape index (κ3) is 3.56. The molecule has 1 saturated heterocycles. The molecule has 2 heterocycles. The predicted molar refractivity (Wildman–Crippen MR) is 88.9 cm³/mol. The lowest BCUT2D eigenvalue weighted by molar-refractivity contribution is -0.140. The highest BCUT2D eigenvalue weighted by Crippen LogP contribution is 2.28. The lowest BCUT2D eigenvalue weighted by Gasteiger charge is -2.37. The SMILES string of the molecule is O=C(C1CCC1)N1CCN(Cc2noc(-c3ccc(F)cc3)n2)CC1. The van der Waals surface area contributed by atoms with Gasteiger partial charge in [-0.05, 0) is 37.1 Å². The van der Waals surface area contributed by atoms with Gasteiger partial charge in [0.1, 0.15) is 5.82 Å². The van der Waals surface area contributed by atoms with E-state index in [2.05, 4.69) is 15.0 Å². The molecule has 1 saturated carbocycles. The molecule has 1 aliphatic carbocycles. The van der Waals surface area contributed by atoms with Crippen molar-refractivity contribution in [3.8, 4) is 11.5 Å². The van der Waals surface area contributed by atoms with Gasteiger partial charge in [0.2, 0.25) is 5.91 Å². The van der Waals surface area contributed by atoms with Crippen LogP contribution in [0.4, 0.5) is 4.39 Å². The zero-order chi connectivity index (χ0) is 17.2. The summed E-state index contributed by atoms with van der Waals surface area (Å²) in [6.07, 6.45) is 3.28. The van der Waals surface area contributed by atoms with Crippen LogP contribution in [0.5, 0.6) is 0 Å². The van der Waals surface area contributed by atoms with E-state index in [9.17, 15) is 9.18 Å². The van der Waals surface area contributed by atoms with Crippen LogP contribution in [0, 0.1) is 11.7 Å². The number of benzene rings is 1. The molecule has 2 aliphatic rings. The van der Waals surface area contributed by atoms with Crippen molar-refractivity contribution in [2.45, 2.75) is 25.8 Å². The van der Waals surface area contributed by atoms with E-state index >= 15 is 0 Å². The number of piperazine rings is 1. The van der Waals surface area contributed by atoms with E-state index in [1.807, 2.05) is 4.90 Å². The summed E-state index contributed by atoms with van der Waals surface area (Å²) in [5, 5.41) is 4.01. The normalized spacial score (nSPS) is 19.0. The van der Waals surface area contributed by atoms with Crippen LogP contribution in [0.15, 0.2) is 28.8 Å². The van der Waals surface area contributed by atoms with Crippen LogP contribution in [0.25, 0.3) is 11.5 Å². The van der Waals surface area contributed by atoms with Crippen molar-refractivity contribution in [2.24, 2.45) is 5.92 Å². The molecule has 2 aromatic rings. The van der Waals surface area contributed by atoms with Crippen molar-refractivity contribution >= 4 is 5.91 Å². The summed E-state index contributed by atoms with van der Waals surface area (Å²) in [5.74, 6) is 1.30. The summed E-state index contributed by atoms with van der Waals surface area (Å²) in [6.45, 7) is 3.75. The van der Waals surface area contributed by atoms with Crippen LogP contribution in [0.1, 0.15) is 25.1 Å². The maximum atomic E-state index is 13.0. The summed E-state index contributed by atoms with van der Waals surface area (Å²) in [7, 11) is 0. The Kier molecular flexibility index (Phi) is 4.48. The fourth-order valence-corrected chi connectivity index (χ4v) is 3.27. The van der Waals surface area contributed by atoms with Crippen LogP contribution in [-0.2, 0) is 11.3 Å². The number of carbonyl (C=O) groups excluding carboxylic acids is 1. The largest absolute Gasteiger partial charge is 0.340 e. The predicted octanol–water partition coefficient (Wildman–Crippen LogP) is 2.32. The maximum absolute atomic E-state index is 13.0. The topological polar surface area (TPSA) is 62.5 Å². The van der Waals surface area contributed by atoms with Crippen LogP contribution < -0.4 is 0 Å². The third-order valence-electron chi connectivity index (χ3n) is 5.06. The van der Waals surface area contributed by atoms with E-state index in [1.54, 1.807) is 12.1 Å². The highest BCUT2D eigenvalue weighted by Gasteiger charge is 2.31. The minimum absolute atomic E-state index is 0.266. The Morgan fingerprint density at radius 3 is 2.52 bits per heavy atom. The second-order valence-corrected chi connectivity index (χ2v) is 6.75. The molecule has 0 spiro atoms. The van der Waals surface area contributed by atoms with Crippen molar-refractivity contribution in [3.05, 3.63) is 35.9 Å². The molecular weight excluding hydrogens is 323 g/mol. The second-order valence-electron chi connectivity index (χ2n) is 6.75. The number of carbonyl (C=O) groups is 1. The van der Waals surface area contributed by atoms with Gasteiger partial charge in [0.05, 0.1) is 6.54 Å². The van der Waals surface area contributed by atoms with Gasteiger partial charge in [-0.15, -0.1) is 0 Å². The van der Waals surface area contributed by atoms with E-state index in [0.29, 0.717) is 29.7 Å². The molecule has 1 aliphatic heterocycles. The molecule has 0 unspecified atom stereocenters. The number of aromatic nitrogens is 2. The highest BCUT2D eigenvalue weighted by molar-refractivity contribution is 5.79. The Labute approximate surface area is 145 Å². The van der Waals surface area contributed by atoms with Crippen LogP contribution >= 0.6 is 0 Å². The van der Waals surface area contributed by atoms with Gasteiger partial charge in [-0.3, -0.25) is 9.69 Å². The molecule has 1 amide bonds. The first-order chi connectivity index (χ1) is 12.2. The van der Waals surface area contributed by atoms with Gasteiger partial charge < -0.3 is 9.42 Å². The molecule has 4 rings (SSSR count). The lowest BCUT2D eigenvalue weighted by Crippen LogP contribution is -2.50. The van der Waals surface area contributed by atoms with Crippen molar-refractivity contribution in [2.75, 3.05) is 26.2 Å². The van der Waals surface area contributed by atoms with Gasteiger partial charge in [0.15, 0.2) is 5.82 Å². The van der Waals surface area contributed by atoms with Gasteiger partial charge >= 0.3 is 0 Å². The molecule has 1 aromatic heterocycles. The third-order valence-corrected chi connectivity index (χ3v) is 5.06. The Bertz CT molecular complexity index is 734. The number of halogens is 1. The van der Waals surface area contributed by atoms with Gasteiger partial charge in [0.25, 0.3) is 5.89 Å². The average Bonchev–Trinajstić information content (AvgIpc) is 3.03. The van der Waals surface area contributed by atoms with Gasteiger partial charge in [-0.25, -0.2) is 4.39 Å². The molecule has 7 heteroatoms. The smallest absolute Gasteiger partial charge is 0.257 e. The molecule has 0 bridgehead atoms. The molecule has 1 aromatic carbocycles.